The largest absolute Gasteiger partial charge is 0.465 e. The molecule has 0 aliphatic heterocycles. The fraction of sp³-hybridized carbons (Fsp3) is 0.524. The Labute approximate surface area is 163 Å². The molecule has 1 amide bonds. The summed E-state index contributed by atoms with van der Waals surface area (Å²) in [4.78, 5) is 49.8. The summed E-state index contributed by atoms with van der Waals surface area (Å²) in [5.74, 6) is -1.43. The quantitative estimate of drug-likeness (QED) is 0.798. The lowest BCUT2D eigenvalue weighted by Gasteiger charge is -2.38. The number of methoxy groups -OCH3 is 2. The summed E-state index contributed by atoms with van der Waals surface area (Å²) in [6, 6.07) is 4.25. The zero-order chi connectivity index (χ0) is 20.9. The Hall–Kier alpha value is -2.70. The van der Waals surface area contributed by atoms with Crippen LogP contribution in [0.4, 0.5) is 5.69 Å². The van der Waals surface area contributed by atoms with Crippen molar-refractivity contribution in [1.82, 2.24) is 0 Å². The highest BCUT2D eigenvalue weighted by atomic mass is 16.5. The van der Waals surface area contributed by atoms with Crippen LogP contribution in [0, 0.1) is 16.2 Å². The van der Waals surface area contributed by atoms with Gasteiger partial charge in [-0.05, 0) is 36.5 Å². The van der Waals surface area contributed by atoms with Gasteiger partial charge in [-0.25, -0.2) is 9.59 Å². The molecule has 0 heterocycles. The van der Waals surface area contributed by atoms with Crippen LogP contribution in [0.3, 0.4) is 0 Å². The lowest BCUT2D eigenvalue weighted by molar-refractivity contribution is -0.131. The highest BCUT2D eigenvalue weighted by Gasteiger charge is 2.72. The number of rotatable bonds is 4. The van der Waals surface area contributed by atoms with Gasteiger partial charge in [-0.2, -0.15) is 0 Å². The van der Waals surface area contributed by atoms with E-state index in [9.17, 15) is 19.2 Å². The molecule has 0 radical (unpaired) electrons. The zero-order valence-electron chi connectivity index (χ0n) is 16.8. The van der Waals surface area contributed by atoms with E-state index >= 15 is 0 Å². The van der Waals surface area contributed by atoms with Crippen molar-refractivity contribution >= 4 is 29.3 Å². The lowest BCUT2D eigenvalue weighted by atomic mass is 9.64. The minimum absolute atomic E-state index is 0.109. The molecule has 1 aromatic carbocycles. The van der Waals surface area contributed by atoms with Crippen molar-refractivity contribution in [3.05, 3.63) is 29.3 Å². The summed E-state index contributed by atoms with van der Waals surface area (Å²) in [7, 11) is 2.47. The topological polar surface area (TPSA) is 98.8 Å². The Balaban J connectivity index is 1.98. The van der Waals surface area contributed by atoms with Crippen LogP contribution in [0.2, 0.25) is 0 Å². The van der Waals surface area contributed by atoms with E-state index in [1.165, 1.54) is 32.4 Å². The van der Waals surface area contributed by atoms with E-state index in [0.29, 0.717) is 12.8 Å². The molecule has 0 saturated heterocycles. The van der Waals surface area contributed by atoms with Crippen LogP contribution in [0.25, 0.3) is 0 Å². The molecule has 3 rings (SSSR count). The van der Waals surface area contributed by atoms with E-state index in [2.05, 4.69) is 5.32 Å². The number of ketones is 1. The minimum Gasteiger partial charge on any atom is -0.465 e. The normalized spacial score (nSPS) is 27.4. The molecule has 2 atom stereocenters. The highest BCUT2D eigenvalue weighted by Crippen LogP contribution is 2.70. The zero-order valence-corrected chi connectivity index (χ0v) is 16.8. The third kappa shape index (κ3) is 2.56. The van der Waals surface area contributed by atoms with Gasteiger partial charge in [0.15, 0.2) is 0 Å². The Morgan fingerprint density at radius 2 is 1.46 bits per heavy atom. The van der Waals surface area contributed by atoms with Crippen molar-refractivity contribution in [2.45, 2.75) is 40.0 Å². The number of amides is 1. The number of nitrogens with one attached hydrogen (secondary N) is 1. The van der Waals surface area contributed by atoms with Crippen molar-refractivity contribution in [2.75, 3.05) is 19.5 Å². The predicted octanol–water partition coefficient (Wildman–Crippen LogP) is 2.98. The average molecular weight is 387 g/mol. The van der Waals surface area contributed by atoms with Crippen LogP contribution in [0.5, 0.6) is 0 Å². The Morgan fingerprint density at radius 1 is 0.929 bits per heavy atom. The Kier molecular flexibility index (Phi) is 4.60. The second kappa shape index (κ2) is 6.43. The van der Waals surface area contributed by atoms with E-state index in [1.807, 2.05) is 20.8 Å². The fourth-order valence-corrected chi connectivity index (χ4v) is 4.78. The number of hydrogen-bond acceptors (Lipinski definition) is 6. The third-order valence-corrected chi connectivity index (χ3v) is 7.17. The van der Waals surface area contributed by atoms with E-state index < -0.39 is 28.2 Å². The molecule has 28 heavy (non-hydrogen) atoms. The number of ether oxygens (including phenoxy) is 2. The SMILES string of the molecule is COC(=O)c1cc(NC(=O)[C@@]23CC[C@@](C)(C(=O)C2)C3(C)C)cc(C(=O)OC)c1. The van der Waals surface area contributed by atoms with Gasteiger partial charge in [0, 0.05) is 17.5 Å². The summed E-state index contributed by atoms with van der Waals surface area (Å²) >= 11 is 0. The van der Waals surface area contributed by atoms with Gasteiger partial charge in [0.05, 0.1) is 30.8 Å². The maximum atomic E-state index is 13.3. The standard InChI is InChI=1S/C21H25NO6/c1-19(2)20(3)6-7-21(19,11-15(20)23)18(26)22-14-9-12(16(24)27-4)8-13(10-14)17(25)28-5/h8-10H,6-7,11H2,1-5H3,(H,22,26)/t20-,21+/m0/s1. The molecule has 0 aromatic heterocycles. The van der Waals surface area contributed by atoms with Crippen LogP contribution in [0.15, 0.2) is 18.2 Å². The van der Waals surface area contributed by atoms with Crippen molar-refractivity contribution in [1.29, 1.82) is 0 Å². The molecular formula is C21H25NO6. The second-order valence-corrected chi connectivity index (χ2v) is 8.38. The van der Waals surface area contributed by atoms with E-state index in [0.717, 1.165) is 0 Å². The van der Waals surface area contributed by atoms with Gasteiger partial charge in [0.1, 0.15) is 5.78 Å². The van der Waals surface area contributed by atoms with Gasteiger partial charge >= 0.3 is 11.9 Å². The number of benzene rings is 1. The minimum atomic E-state index is -0.814. The predicted molar refractivity (Wildman–Crippen MR) is 101 cm³/mol. The molecule has 2 aliphatic carbocycles. The molecule has 0 spiro atoms. The summed E-state index contributed by atoms with van der Waals surface area (Å²) in [5.41, 5.74) is -1.30. The van der Waals surface area contributed by atoms with Gasteiger partial charge in [-0.3, -0.25) is 9.59 Å². The van der Waals surface area contributed by atoms with Gasteiger partial charge < -0.3 is 14.8 Å². The number of anilines is 1. The maximum Gasteiger partial charge on any atom is 0.337 e. The molecule has 2 fully saturated rings. The molecule has 7 nitrogen and oxygen atoms in total. The molecule has 7 heteroatoms. The Bertz CT molecular complexity index is 855. The first-order valence-electron chi connectivity index (χ1n) is 9.19. The monoisotopic (exact) mass is 387 g/mol. The Morgan fingerprint density at radius 3 is 1.86 bits per heavy atom. The van der Waals surface area contributed by atoms with Crippen LogP contribution >= 0.6 is 0 Å². The molecule has 150 valence electrons. The van der Waals surface area contributed by atoms with Crippen molar-refractivity contribution < 1.29 is 28.7 Å². The third-order valence-electron chi connectivity index (χ3n) is 7.17. The smallest absolute Gasteiger partial charge is 0.337 e. The van der Waals surface area contributed by atoms with Crippen LogP contribution in [-0.2, 0) is 19.1 Å². The lowest BCUT2D eigenvalue weighted by Crippen LogP contribution is -2.43. The van der Waals surface area contributed by atoms with Crippen LogP contribution in [-0.4, -0.2) is 37.8 Å². The summed E-state index contributed by atoms with van der Waals surface area (Å²) in [6.45, 7) is 5.87. The average Bonchev–Trinajstić information content (AvgIpc) is 2.96. The molecule has 2 aliphatic rings. The summed E-state index contributed by atoms with van der Waals surface area (Å²) in [6.07, 6.45) is 1.49. The first-order chi connectivity index (χ1) is 13.0. The van der Waals surface area contributed by atoms with E-state index in [4.69, 9.17) is 9.47 Å². The summed E-state index contributed by atoms with van der Waals surface area (Å²) < 4.78 is 9.45. The number of Topliss-reactive ketones (excluding diaryl/α,β-unsaturated/α-hetero) is 1. The number of fused-ring (bicyclic) bond motifs is 2. The highest BCUT2D eigenvalue weighted by molar-refractivity contribution is 6.06. The number of hydrogen-bond donors (Lipinski definition) is 1. The first kappa shape index (κ1) is 20.0. The van der Waals surface area contributed by atoms with E-state index in [-0.39, 0.29) is 34.9 Å². The maximum absolute atomic E-state index is 13.3. The second-order valence-electron chi connectivity index (χ2n) is 8.38. The first-order valence-corrected chi connectivity index (χ1v) is 9.19. The van der Waals surface area contributed by atoms with Gasteiger partial charge in [-0.1, -0.05) is 20.8 Å². The van der Waals surface area contributed by atoms with Crippen LogP contribution in [0.1, 0.15) is 60.7 Å². The molecule has 1 aromatic rings. The fourth-order valence-electron chi connectivity index (χ4n) is 4.78. The molecular weight excluding hydrogens is 362 g/mol. The van der Waals surface area contributed by atoms with Gasteiger partial charge in [0.25, 0.3) is 0 Å². The van der Waals surface area contributed by atoms with Crippen molar-refractivity contribution in [2.24, 2.45) is 16.2 Å². The summed E-state index contributed by atoms with van der Waals surface area (Å²) in [5, 5.41) is 2.83. The number of esters is 2. The van der Waals surface area contributed by atoms with Crippen LogP contribution < -0.4 is 5.32 Å². The van der Waals surface area contributed by atoms with E-state index in [1.54, 1.807) is 0 Å². The molecule has 0 unspecified atom stereocenters. The number of carbonyl (C=O) groups excluding carboxylic acids is 4. The molecule has 2 saturated carbocycles. The number of carbonyl (C=O) groups is 4. The molecule has 1 N–H and O–H groups in total. The van der Waals surface area contributed by atoms with Crippen molar-refractivity contribution in [3.8, 4) is 0 Å². The molecule has 2 bridgehead atoms. The van der Waals surface area contributed by atoms with Crippen molar-refractivity contribution in [3.63, 3.8) is 0 Å². The van der Waals surface area contributed by atoms with Gasteiger partial charge in [-0.15, -0.1) is 0 Å². The van der Waals surface area contributed by atoms with Gasteiger partial charge in [0.2, 0.25) is 5.91 Å².